The number of hydrogen-bond donors (Lipinski definition) is 0. The molecule has 31 heavy (non-hydrogen) atoms. The van der Waals surface area contributed by atoms with E-state index in [-0.39, 0.29) is 11.3 Å². The third-order valence-corrected chi connectivity index (χ3v) is 8.57. The second kappa shape index (κ2) is 7.46. The van der Waals surface area contributed by atoms with Gasteiger partial charge >= 0.3 is 0 Å². The first-order chi connectivity index (χ1) is 14.9. The van der Waals surface area contributed by atoms with Gasteiger partial charge in [0, 0.05) is 24.6 Å². The third-order valence-electron chi connectivity index (χ3n) is 6.67. The van der Waals surface area contributed by atoms with Crippen LogP contribution in [0.4, 0.5) is 0 Å². The van der Waals surface area contributed by atoms with Crippen molar-refractivity contribution in [1.29, 1.82) is 0 Å². The van der Waals surface area contributed by atoms with Gasteiger partial charge in [-0.2, -0.15) is 4.31 Å². The van der Waals surface area contributed by atoms with Crippen LogP contribution in [0.15, 0.2) is 57.8 Å². The number of hydrogen-bond acceptors (Lipinski definition) is 6. The van der Waals surface area contributed by atoms with Gasteiger partial charge in [-0.25, -0.2) is 8.42 Å². The SMILES string of the molecule is COc1ccc(S(=O)(=O)N2CCC3(CC2)CC3c2nnc(-c3ccccc3)o2)cc1C. The molecule has 7 nitrogen and oxygen atoms in total. The van der Waals surface area contributed by atoms with Gasteiger partial charge in [-0.05, 0) is 67.5 Å². The van der Waals surface area contributed by atoms with Gasteiger partial charge in [0.05, 0.1) is 12.0 Å². The maximum atomic E-state index is 13.1. The van der Waals surface area contributed by atoms with E-state index in [9.17, 15) is 8.42 Å². The molecule has 2 aromatic carbocycles. The van der Waals surface area contributed by atoms with Crippen molar-refractivity contribution in [2.75, 3.05) is 20.2 Å². The van der Waals surface area contributed by atoms with Gasteiger partial charge in [0.25, 0.3) is 0 Å². The van der Waals surface area contributed by atoms with Crippen LogP contribution in [-0.2, 0) is 10.0 Å². The Bertz CT molecular complexity index is 1200. The smallest absolute Gasteiger partial charge is 0.247 e. The minimum absolute atomic E-state index is 0.0718. The Labute approximate surface area is 182 Å². The molecular formula is C23H25N3O4S. The summed E-state index contributed by atoms with van der Waals surface area (Å²) in [7, 11) is -1.94. The lowest BCUT2D eigenvalue weighted by atomic mass is 9.92. The first-order valence-electron chi connectivity index (χ1n) is 10.5. The van der Waals surface area contributed by atoms with Crippen molar-refractivity contribution in [3.8, 4) is 17.2 Å². The van der Waals surface area contributed by atoms with Crippen molar-refractivity contribution in [2.24, 2.45) is 5.41 Å². The third kappa shape index (κ3) is 3.53. The van der Waals surface area contributed by atoms with E-state index in [1.54, 1.807) is 29.6 Å². The second-order valence-electron chi connectivity index (χ2n) is 8.47. The molecule has 1 unspecified atom stereocenters. The molecule has 1 saturated heterocycles. The minimum atomic E-state index is -3.52. The van der Waals surface area contributed by atoms with E-state index in [1.165, 1.54) is 0 Å². The number of piperidine rings is 1. The molecule has 0 N–H and O–H groups in total. The Morgan fingerprint density at radius 1 is 1.10 bits per heavy atom. The zero-order chi connectivity index (χ0) is 21.6. The molecule has 0 radical (unpaired) electrons. The van der Waals surface area contributed by atoms with Gasteiger partial charge in [0.15, 0.2) is 0 Å². The van der Waals surface area contributed by atoms with E-state index in [0.717, 1.165) is 30.4 Å². The Kier molecular flexibility index (Phi) is 4.86. The average Bonchev–Trinajstić information content (AvgIpc) is 3.25. The molecule has 1 aliphatic carbocycles. The summed E-state index contributed by atoms with van der Waals surface area (Å²) in [4.78, 5) is 0.318. The number of nitrogens with zero attached hydrogens (tertiary/aromatic N) is 3. The van der Waals surface area contributed by atoms with Crippen LogP contribution in [-0.4, -0.2) is 43.1 Å². The van der Waals surface area contributed by atoms with Crippen molar-refractivity contribution >= 4 is 10.0 Å². The summed E-state index contributed by atoms with van der Waals surface area (Å²) in [5, 5.41) is 8.49. The van der Waals surface area contributed by atoms with Crippen molar-refractivity contribution < 1.29 is 17.6 Å². The topological polar surface area (TPSA) is 85.5 Å². The number of rotatable bonds is 5. The van der Waals surface area contributed by atoms with E-state index >= 15 is 0 Å². The maximum Gasteiger partial charge on any atom is 0.247 e. The van der Waals surface area contributed by atoms with Crippen LogP contribution in [0.2, 0.25) is 0 Å². The summed E-state index contributed by atoms with van der Waals surface area (Å²) in [6.07, 6.45) is 2.57. The van der Waals surface area contributed by atoms with Crippen molar-refractivity contribution in [3.63, 3.8) is 0 Å². The summed E-state index contributed by atoms with van der Waals surface area (Å²) in [5.74, 6) is 2.10. The molecule has 5 rings (SSSR count). The van der Waals surface area contributed by atoms with E-state index in [2.05, 4.69) is 10.2 Å². The Morgan fingerprint density at radius 3 is 2.52 bits per heavy atom. The fraction of sp³-hybridized carbons (Fsp3) is 0.391. The number of sulfonamides is 1. The molecule has 8 heteroatoms. The normalized spacial score (nSPS) is 20.6. The molecular weight excluding hydrogens is 414 g/mol. The molecule has 1 aliphatic heterocycles. The predicted molar refractivity (Wildman–Crippen MR) is 115 cm³/mol. The molecule has 0 bridgehead atoms. The van der Waals surface area contributed by atoms with E-state index < -0.39 is 10.0 Å². The standard InChI is InChI=1S/C23H25N3O4S/c1-16-14-18(8-9-20(16)29-2)31(27,28)26-12-10-23(11-13-26)15-19(23)22-25-24-21(30-22)17-6-4-3-5-7-17/h3-9,14,19H,10-13,15H2,1-2H3. The lowest BCUT2D eigenvalue weighted by Crippen LogP contribution is -2.39. The van der Waals surface area contributed by atoms with E-state index in [0.29, 0.717) is 35.5 Å². The molecule has 2 fully saturated rings. The minimum Gasteiger partial charge on any atom is -0.496 e. The van der Waals surface area contributed by atoms with Crippen molar-refractivity contribution in [1.82, 2.24) is 14.5 Å². The fourth-order valence-corrected chi connectivity index (χ4v) is 6.18. The van der Waals surface area contributed by atoms with Crippen LogP contribution < -0.4 is 4.74 Å². The number of benzene rings is 2. The van der Waals surface area contributed by atoms with E-state index in [4.69, 9.17) is 9.15 Å². The van der Waals surface area contributed by atoms with Crippen molar-refractivity contribution in [2.45, 2.75) is 37.0 Å². The van der Waals surface area contributed by atoms with Crippen LogP contribution in [0, 0.1) is 12.3 Å². The van der Waals surface area contributed by atoms with E-state index in [1.807, 2.05) is 37.3 Å². The zero-order valence-electron chi connectivity index (χ0n) is 17.6. The summed E-state index contributed by atoms with van der Waals surface area (Å²) >= 11 is 0. The average molecular weight is 440 g/mol. The molecule has 1 aromatic heterocycles. The van der Waals surface area contributed by atoms with Gasteiger partial charge in [0.1, 0.15) is 5.75 Å². The number of ether oxygens (including phenoxy) is 1. The molecule has 2 aliphatic rings. The number of aromatic nitrogens is 2. The molecule has 0 amide bonds. The summed E-state index contributed by atoms with van der Waals surface area (Å²) in [5.41, 5.74) is 1.79. The van der Waals surface area contributed by atoms with Crippen LogP contribution in [0.25, 0.3) is 11.5 Å². The predicted octanol–water partition coefficient (Wildman–Crippen LogP) is 4.01. The molecule has 1 saturated carbocycles. The second-order valence-corrected chi connectivity index (χ2v) is 10.4. The highest BCUT2D eigenvalue weighted by Gasteiger charge is 2.58. The van der Waals surface area contributed by atoms with Crippen LogP contribution >= 0.6 is 0 Å². The van der Waals surface area contributed by atoms with Gasteiger partial charge in [-0.15, -0.1) is 10.2 Å². The molecule has 2 heterocycles. The summed E-state index contributed by atoms with van der Waals surface area (Å²) in [6, 6.07) is 14.7. The first kappa shape index (κ1) is 20.2. The lowest BCUT2D eigenvalue weighted by molar-refractivity contribution is 0.246. The number of methoxy groups -OCH3 is 1. The van der Waals surface area contributed by atoms with Gasteiger partial charge in [-0.1, -0.05) is 18.2 Å². The zero-order valence-corrected chi connectivity index (χ0v) is 18.4. The van der Waals surface area contributed by atoms with Crippen LogP contribution in [0.3, 0.4) is 0 Å². The highest BCUT2D eigenvalue weighted by molar-refractivity contribution is 7.89. The largest absolute Gasteiger partial charge is 0.496 e. The van der Waals surface area contributed by atoms with Gasteiger partial charge in [-0.3, -0.25) is 0 Å². The molecule has 1 spiro atoms. The number of aryl methyl sites for hydroxylation is 1. The Morgan fingerprint density at radius 2 is 1.84 bits per heavy atom. The van der Waals surface area contributed by atoms with Gasteiger partial charge in [0.2, 0.25) is 21.8 Å². The molecule has 1 atom stereocenters. The highest BCUT2D eigenvalue weighted by Crippen LogP contribution is 2.64. The summed E-state index contributed by atoms with van der Waals surface area (Å²) in [6.45, 7) is 2.86. The van der Waals surface area contributed by atoms with Crippen LogP contribution in [0.5, 0.6) is 5.75 Å². The van der Waals surface area contributed by atoms with Gasteiger partial charge < -0.3 is 9.15 Å². The summed E-state index contributed by atoms with van der Waals surface area (Å²) < 4.78 is 39.1. The highest BCUT2D eigenvalue weighted by atomic mass is 32.2. The Hall–Kier alpha value is -2.71. The van der Waals surface area contributed by atoms with Crippen LogP contribution in [0.1, 0.15) is 36.6 Å². The molecule has 162 valence electrons. The van der Waals surface area contributed by atoms with Crippen molar-refractivity contribution in [3.05, 3.63) is 60.0 Å². The quantitative estimate of drug-likeness (QED) is 0.597. The monoisotopic (exact) mass is 439 g/mol. The fourth-order valence-electron chi connectivity index (χ4n) is 4.65. The lowest BCUT2D eigenvalue weighted by Gasteiger charge is -2.32. The maximum absolute atomic E-state index is 13.1. The first-order valence-corrected chi connectivity index (χ1v) is 11.9. The Balaban J connectivity index is 1.27. The molecule has 3 aromatic rings.